The summed E-state index contributed by atoms with van der Waals surface area (Å²) in [6.07, 6.45) is 1.03. The van der Waals surface area contributed by atoms with E-state index in [1.54, 1.807) is 36.4 Å². The lowest BCUT2D eigenvalue weighted by Gasteiger charge is -1.93. The van der Waals surface area contributed by atoms with E-state index in [2.05, 4.69) is 6.92 Å². The highest BCUT2D eigenvalue weighted by molar-refractivity contribution is 6.30. The molecule has 0 heterocycles. The SMILES string of the molecule is CCc1ccc(O)cc1.Oc1ccc(Cl)cc1. The van der Waals surface area contributed by atoms with Crippen LogP contribution in [0.2, 0.25) is 5.02 Å². The Hall–Kier alpha value is -1.67. The molecular formula is C14H15ClO2. The summed E-state index contributed by atoms with van der Waals surface area (Å²) >= 11 is 5.50. The van der Waals surface area contributed by atoms with Crippen molar-refractivity contribution in [2.45, 2.75) is 13.3 Å². The van der Waals surface area contributed by atoms with E-state index in [9.17, 15) is 0 Å². The van der Waals surface area contributed by atoms with Gasteiger partial charge >= 0.3 is 0 Å². The minimum absolute atomic E-state index is 0.245. The molecule has 0 saturated heterocycles. The Balaban J connectivity index is 0.000000171. The molecule has 0 spiro atoms. The highest BCUT2D eigenvalue weighted by Gasteiger charge is 1.86. The monoisotopic (exact) mass is 250 g/mol. The van der Waals surface area contributed by atoms with Crippen LogP contribution in [0, 0.1) is 0 Å². The average molecular weight is 251 g/mol. The maximum absolute atomic E-state index is 8.85. The lowest BCUT2D eigenvalue weighted by molar-refractivity contribution is 0.474. The molecular weight excluding hydrogens is 236 g/mol. The Bertz CT molecular complexity index is 414. The van der Waals surface area contributed by atoms with Crippen LogP contribution in [0.1, 0.15) is 12.5 Å². The minimum Gasteiger partial charge on any atom is -0.508 e. The topological polar surface area (TPSA) is 40.5 Å². The van der Waals surface area contributed by atoms with Crippen molar-refractivity contribution in [2.75, 3.05) is 0 Å². The summed E-state index contributed by atoms with van der Waals surface area (Å²) < 4.78 is 0. The molecule has 0 unspecified atom stereocenters. The Morgan fingerprint density at radius 3 is 1.59 bits per heavy atom. The lowest BCUT2D eigenvalue weighted by Crippen LogP contribution is -1.75. The molecule has 3 heteroatoms. The van der Waals surface area contributed by atoms with Gasteiger partial charge in [-0.05, 0) is 48.4 Å². The minimum atomic E-state index is 0.245. The number of halogens is 1. The van der Waals surface area contributed by atoms with E-state index in [0.717, 1.165) is 6.42 Å². The van der Waals surface area contributed by atoms with Crippen LogP contribution in [0.3, 0.4) is 0 Å². The molecule has 0 saturated carbocycles. The Kier molecular flexibility index (Phi) is 5.37. The van der Waals surface area contributed by atoms with Crippen LogP contribution in [-0.4, -0.2) is 10.2 Å². The average Bonchev–Trinajstić information content (AvgIpc) is 2.35. The highest BCUT2D eigenvalue weighted by Crippen LogP contribution is 2.12. The fourth-order valence-electron chi connectivity index (χ4n) is 1.17. The van der Waals surface area contributed by atoms with E-state index in [4.69, 9.17) is 21.8 Å². The zero-order valence-corrected chi connectivity index (χ0v) is 10.4. The smallest absolute Gasteiger partial charge is 0.115 e. The third-order valence-corrected chi connectivity index (χ3v) is 2.42. The summed E-state index contributed by atoms with van der Waals surface area (Å²) in [5.74, 6) is 0.585. The largest absolute Gasteiger partial charge is 0.508 e. The quantitative estimate of drug-likeness (QED) is 0.803. The first-order valence-corrected chi connectivity index (χ1v) is 5.72. The number of aromatic hydroxyl groups is 2. The molecule has 0 atom stereocenters. The molecule has 0 aromatic heterocycles. The molecule has 17 heavy (non-hydrogen) atoms. The molecule has 2 aromatic rings. The van der Waals surface area contributed by atoms with Crippen molar-refractivity contribution < 1.29 is 10.2 Å². The van der Waals surface area contributed by atoms with Gasteiger partial charge in [-0.1, -0.05) is 30.7 Å². The molecule has 2 rings (SSSR count). The van der Waals surface area contributed by atoms with Crippen LogP contribution >= 0.6 is 11.6 Å². The Morgan fingerprint density at radius 1 is 0.824 bits per heavy atom. The number of hydrogen-bond donors (Lipinski definition) is 2. The third kappa shape index (κ3) is 5.27. The van der Waals surface area contributed by atoms with Crippen molar-refractivity contribution in [3.8, 4) is 11.5 Å². The fourth-order valence-corrected chi connectivity index (χ4v) is 1.30. The first-order valence-electron chi connectivity index (χ1n) is 5.34. The molecule has 0 aliphatic carbocycles. The van der Waals surface area contributed by atoms with Gasteiger partial charge < -0.3 is 10.2 Å². The van der Waals surface area contributed by atoms with Gasteiger partial charge in [0.1, 0.15) is 11.5 Å². The van der Waals surface area contributed by atoms with E-state index in [-0.39, 0.29) is 5.75 Å². The first kappa shape index (κ1) is 13.4. The summed E-state index contributed by atoms with van der Waals surface area (Å²) in [6, 6.07) is 13.6. The molecule has 0 fully saturated rings. The molecule has 0 bridgehead atoms. The van der Waals surface area contributed by atoms with E-state index in [1.807, 2.05) is 12.1 Å². The maximum atomic E-state index is 8.85. The summed E-state index contributed by atoms with van der Waals surface area (Å²) in [5, 5.41) is 18.2. The number of phenolic OH excluding ortho intramolecular Hbond substituents is 2. The molecule has 0 aliphatic rings. The summed E-state index contributed by atoms with van der Waals surface area (Å²) in [5.41, 5.74) is 1.26. The van der Waals surface area contributed by atoms with E-state index in [0.29, 0.717) is 10.8 Å². The Labute approximate surface area is 106 Å². The van der Waals surface area contributed by atoms with E-state index >= 15 is 0 Å². The maximum Gasteiger partial charge on any atom is 0.115 e. The second-order valence-electron chi connectivity index (χ2n) is 3.50. The Morgan fingerprint density at radius 2 is 1.24 bits per heavy atom. The summed E-state index contributed by atoms with van der Waals surface area (Å²) in [4.78, 5) is 0. The molecule has 0 aliphatic heterocycles. The van der Waals surface area contributed by atoms with Gasteiger partial charge in [0, 0.05) is 5.02 Å². The zero-order valence-electron chi connectivity index (χ0n) is 9.60. The van der Waals surface area contributed by atoms with Gasteiger partial charge in [0.25, 0.3) is 0 Å². The van der Waals surface area contributed by atoms with Gasteiger partial charge in [-0.3, -0.25) is 0 Å². The van der Waals surface area contributed by atoms with Gasteiger partial charge in [-0.2, -0.15) is 0 Å². The molecule has 90 valence electrons. The van der Waals surface area contributed by atoms with Crippen molar-refractivity contribution in [3.63, 3.8) is 0 Å². The number of benzene rings is 2. The van der Waals surface area contributed by atoms with Crippen molar-refractivity contribution in [1.29, 1.82) is 0 Å². The van der Waals surface area contributed by atoms with Crippen molar-refractivity contribution >= 4 is 11.6 Å². The molecule has 2 N–H and O–H groups in total. The molecule has 2 nitrogen and oxygen atoms in total. The normalized spacial score (nSPS) is 9.29. The van der Waals surface area contributed by atoms with Gasteiger partial charge in [-0.15, -0.1) is 0 Å². The number of hydrogen-bond acceptors (Lipinski definition) is 2. The van der Waals surface area contributed by atoms with Crippen molar-refractivity contribution in [2.24, 2.45) is 0 Å². The van der Waals surface area contributed by atoms with Crippen LogP contribution in [0.25, 0.3) is 0 Å². The van der Waals surface area contributed by atoms with E-state index in [1.165, 1.54) is 5.56 Å². The van der Waals surface area contributed by atoms with Crippen molar-refractivity contribution in [3.05, 3.63) is 59.1 Å². The van der Waals surface area contributed by atoms with E-state index < -0.39 is 0 Å². The second-order valence-corrected chi connectivity index (χ2v) is 3.93. The van der Waals surface area contributed by atoms with Crippen molar-refractivity contribution in [1.82, 2.24) is 0 Å². The van der Waals surface area contributed by atoms with Crippen LogP contribution in [-0.2, 0) is 6.42 Å². The highest BCUT2D eigenvalue weighted by atomic mass is 35.5. The molecule has 2 aromatic carbocycles. The number of phenols is 2. The summed E-state index contributed by atoms with van der Waals surface area (Å²) in [7, 11) is 0. The van der Waals surface area contributed by atoms with Gasteiger partial charge in [0.2, 0.25) is 0 Å². The zero-order chi connectivity index (χ0) is 12.7. The number of aryl methyl sites for hydroxylation is 1. The molecule has 0 amide bonds. The predicted octanol–water partition coefficient (Wildman–Crippen LogP) is 4.00. The van der Waals surface area contributed by atoms with Crippen LogP contribution < -0.4 is 0 Å². The summed E-state index contributed by atoms with van der Waals surface area (Å²) in [6.45, 7) is 2.09. The van der Waals surface area contributed by atoms with Crippen LogP contribution in [0.5, 0.6) is 11.5 Å². The second kappa shape index (κ2) is 6.81. The predicted molar refractivity (Wildman–Crippen MR) is 70.6 cm³/mol. The van der Waals surface area contributed by atoms with Crippen LogP contribution in [0.15, 0.2) is 48.5 Å². The third-order valence-electron chi connectivity index (χ3n) is 2.17. The van der Waals surface area contributed by atoms with Gasteiger partial charge in [-0.25, -0.2) is 0 Å². The fraction of sp³-hybridized carbons (Fsp3) is 0.143. The molecule has 0 radical (unpaired) electrons. The first-order chi connectivity index (χ1) is 8.11. The lowest BCUT2D eigenvalue weighted by atomic mass is 10.2. The van der Waals surface area contributed by atoms with Gasteiger partial charge in [0.15, 0.2) is 0 Å². The van der Waals surface area contributed by atoms with Crippen LogP contribution in [0.4, 0.5) is 0 Å². The standard InChI is InChI=1S/C8H10O.C6H5ClO/c1-2-7-3-5-8(9)6-4-7;7-5-1-3-6(8)4-2-5/h3-6,9H,2H2,1H3;1-4,8H. The number of rotatable bonds is 1. The van der Waals surface area contributed by atoms with Gasteiger partial charge in [0.05, 0.1) is 0 Å².